The first-order valence-electron chi connectivity index (χ1n) is 25.6. The molecule has 8 heterocycles. The molecule has 0 saturated carbocycles. The van der Waals surface area contributed by atoms with Gasteiger partial charge in [0.25, 0.3) is 22.9 Å². The van der Waals surface area contributed by atoms with Crippen LogP contribution in [0.5, 0.6) is 0 Å². The molecule has 0 bridgehead atoms. The number of halogens is 3. The number of nitrogens with zero attached hydrogens (tertiary/aromatic N) is 7. The van der Waals surface area contributed by atoms with Crippen LogP contribution in [0.15, 0.2) is 94.8 Å². The van der Waals surface area contributed by atoms with Crippen molar-refractivity contribution in [2.45, 2.75) is 92.4 Å². The normalized spacial score (nSPS) is 16.6. The Balaban J connectivity index is 0.000000180. The van der Waals surface area contributed by atoms with Gasteiger partial charge in [-0.1, -0.05) is 93.2 Å². The van der Waals surface area contributed by atoms with Crippen molar-refractivity contribution < 1.29 is 19.2 Å². The highest BCUT2D eigenvalue weighted by molar-refractivity contribution is 6.35. The number of rotatable bonds is 11. The van der Waals surface area contributed by atoms with E-state index >= 15 is 0 Å². The molecular weight excluding hydrogens is 1020 g/mol. The minimum absolute atomic E-state index is 0.00413. The van der Waals surface area contributed by atoms with Gasteiger partial charge in [-0.25, -0.2) is 9.97 Å². The largest absolute Gasteiger partial charge is 0.371 e. The molecule has 16 nitrogen and oxygen atoms in total. The molecule has 6 aromatic rings. The summed E-state index contributed by atoms with van der Waals surface area (Å²) in [6.45, 7) is 15.3. The first kappa shape index (κ1) is 54.9. The number of carbonyl (C=O) groups excluding carboxylic acids is 4. The SMILES string of the molecule is C1CCNCC1.CC1(C)CN(C(=O)Cn2c(=O)c(C(=O)NCc3ccc(Cl)cc3)cc3c(Cl)ccnc32)C1.CC1(C)CN(C(=O)Cn2c(=O)c(C(=O)NCc3ccc(Cl)cc3)cc3c(N4CCCCC4)ccnc32)C1. The number of aromatic nitrogens is 4. The molecule has 4 aliphatic heterocycles. The lowest BCUT2D eigenvalue weighted by Crippen LogP contribution is -2.56. The van der Waals surface area contributed by atoms with E-state index in [1.54, 1.807) is 64.5 Å². The number of hydrogen-bond acceptors (Lipinski definition) is 10. The van der Waals surface area contributed by atoms with E-state index in [0.29, 0.717) is 57.7 Å². The van der Waals surface area contributed by atoms with E-state index < -0.39 is 22.9 Å². The van der Waals surface area contributed by atoms with Crippen LogP contribution in [0.2, 0.25) is 15.1 Å². The van der Waals surface area contributed by atoms with Gasteiger partial charge >= 0.3 is 0 Å². The molecule has 4 fully saturated rings. The van der Waals surface area contributed by atoms with E-state index in [1.165, 1.54) is 60.2 Å². The summed E-state index contributed by atoms with van der Waals surface area (Å²) >= 11 is 18.2. The maximum absolute atomic E-state index is 13.6. The van der Waals surface area contributed by atoms with Crippen LogP contribution < -0.4 is 32.0 Å². The van der Waals surface area contributed by atoms with Gasteiger partial charge in [-0.05, 0) is 116 Å². The van der Waals surface area contributed by atoms with Gasteiger partial charge in [0.1, 0.15) is 35.5 Å². The highest BCUT2D eigenvalue weighted by atomic mass is 35.5. The Morgan fingerprint density at radius 3 is 1.43 bits per heavy atom. The van der Waals surface area contributed by atoms with Crippen molar-refractivity contribution in [2.75, 3.05) is 57.3 Å². The molecule has 396 valence electrons. The fourth-order valence-corrected chi connectivity index (χ4v) is 10.3. The lowest BCUT2D eigenvalue weighted by atomic mass is 9.84. The average molecular weight is 1080 g/mol. The summed E-state index contributed by atoms with van der Waals surface area (Å²) in [6, 6.07) is 20.8. The zero-order valence-electron chi connectivity index (χ0n) is 43.0. The Bertz CT molecular complexity index is 3160. The Morgan fingerprint density at radius 2 is 1.00 bits per heavy atom. The number of piperidine rings is 2. The van der Waals surface area contributed by atoms with Gasteiger partial charge in [0.05, 0.1) is 5.02 Å². The molecule has 0 atom stereocenters. The van der Waals surface area contributed by atoms with Crippen LogP contribution >= 0.6 is 34.8 Å². The maximum atomic E-state index is 13.6. The van der Waals surface area contributed by atoms with Crippen molar-refractivity contribution in [1.82, 2.24) is 44.9 Å². The molecule has 19 heteroatoms. The summed E-state index contributed by atoms with van der Waals surface area (Å²) in [5.41, 5.74) is 2.26. The summed E-state index contributed by atoms with van der Waals surface area (Å²) in [5.74, 6) is -1.39. The Morgan fingerprint density at radius 1 is 0.573 bits per heavy atom. The van der Waals surface area contributed by atoms with Crippen molar-refractivity contribution in [1.29, 1.82) is 0 Å². The molecule has 4 saturated heterocycles. The number of fused-ring (bicyclic) bond motifs is 2. The van der Waals surface area contributed by atoms with Gasteiger partial charge in [-0.3, -0.25) is 37.9 Å². The second-order valence-corrected chi connectivity index (χ2v) is 22.6. The molecule has 2 aromatic carbocycles. The third kappa shape index (κ3) is 13.8. The summed E-state index contributed by atoms with van der Waals surface area (Å²) in [7, 11) is 0. The van der Waals surface area contributed by atoms with Crippen LogP contribution in [0, 0.1) is 10.8 Å². The molecule has 0 aliphatic carbocycles. The number of amides is 4. The molecule has 4 aliphatic rings. The lowest BCUT2D eigenvalue weighted by molar-refractivity contribution is -0.142. The third-order valence-electron chi connectivity index (χ3n) is 13.8. The minimum atomic E-state index is -0.589. The fraction of sp³-hybridized carbons (Fsp3) is 0.429. The number of benzene rings is 2. The molecule has 4 aromatic heterocycles. The van der Waals surface area contributed by atoms with Crippen LogP contribution in [0.3, 0.4) is 0 Å². The Labute approximate surface area is 451 Å². The van der Waals surface area contributed by atoms with Crippen molar-refractivity contribution >= 4 is 86.2 Å². The van der Waals surface area contributed by atoms with Gasteiger partial charge in [-0.2, -0.15) is 0 Å². The minimum Gasteiger partial charge on any atom is -0.371 e. The quantitative estimate of drug-likeness (QED) is 0.115. The Hall–Kier alpha value is -6.33. The summed E-state index contributed by atoms with van der Waals surface area (Å²) in [4.78, 5) is 93.3. The molecule has 10 rings (SSSR count). The summed E-state index contributed by atoms with van der Waals surface area (Å²) in [6.07, 6.45) is 10.7. The zero-order chi connectivity index (χ0) is 53.4. The first-order valence-corrected chi connectivity index (χ1v) is 26.8. The van der Waals surface area contributed by atoms with Crippen LogP contribution in [-0.4, -0.2) is 105 Å². The van der Waals surface area contributed by atoms with E-state index in [0.717, 1.165) is 42.7 Å². The van der Waals surface area contributed by atoms with Crippen LogP contribution in [-0.2, 0) is 35.8 Å². The summed E-state index contributed by atoms with van der Waals surface area (Å²) < 4.78 is 2.60. The van der Waals surface area contributed by atoms with Gasteiger partial charge in [-0.15, -0.1) is 0 Å². The zero-order valence-corrected chi connectivity index (χ0v) is 45.3. The smallest absolute Gasteiger partial charge is 0.265 e. The molecule has 3 N–H and O–H groups in total. The number of carbonyl (C=O) groups is 4. The number of likely N-dealkylation sites (tertiary alicyclic amines) is 2. The molecule has 0 unspecified atom stereocenters. The van der Waals surface area contributed by atoms with E-state index in [2.05, 4.69) is 58.5 Å². The first-order chi connectivity index (χ1) is 35.9. The summed E-state index contributed by atoms with van der Waals surface area (Å²) in [5, 5.41) is 11.6. The third-order valence-corrected chi connectivity index (χ3v) is 14.6. The molecular formula is C56H65Cl3N10O6. The van der Waals surface area contributed by atoms with Gasteiger partial charge in [0.2, 0.25) is 11.8 Å². The van der Waals surface area contributed by atoms with Crippen molar-refractivity contribution in [2.24, 2.45) is 10.8 Å². The average Bonchev–Trinajstić information content (AvgIpc) is 3.39. The second kappa shape index (κ2) is 24.1. The molecule has 4 amide bonds. The number of nitrogens with one attached hydrogen (secondary N) is 3. The molecule has 75 heavy (non-hydrogen) atoms. The van der Waals surface area contributed by atoms with E-state index in [9.17, 15) is 28.8 Å². The number of anilines is 1. The topological polar surface area (TPSA) is 184 Å². The second-order valence-electron chi connectivity index (χ2n) is 21.3. The van der Waals surface area contributed by atoms with Crippen LogP contribution in [0.4, 0.5) is 5.69 Å². The van der Waals surface area contributed by atoms with Gasteiger partial charge < -0.3 is 30.7 Å². The molecule has 0 radical (unpaired) electrons. The standard InChI is InChI=1S/C28H32ClN5O3.C23H22Cl2N4O3.C5H11N/c1-28(2)17-33(18-28)24(35)16-34-25-21(23(10-11-30-25)32-12-4-3-5-13-32)14-22(27(34)37)26(36)31-15-19-6-8-20(29)9-7-19;1-23(2)12-28(13-23)19(30)11-29-20-16(18(25)7-8-26-20)9-17(22(29)32)21(31)27-10-14-3-5-15(24)6-4-14;1-2-4-6-5-3-1/h6-11,14H,3-5,12-13,15-18H2,1-2H3,(H,31,36);3-9H,10-13H2,1-2H3,(H,27,31);6H,1-5H2. The van der Waals surface area contributed by atoms with Gasteiger partial charge in [0.15, 0.2) is 0 Å². The molecule has 0 spiro atoms. The van der Waals surface area contributed by atoms with Crippen molar-refractivity contribution in [3.8, 4) is 0 Å². The van der Waals surface area contributed by atoms with E-state index in [4.69, 9.17) is 34.8 Å². The predicted molar refractivity (Wildman–Crippen MR) is 296 cm³/mol. The highest BCUT2D eigenvalue weighted by Gasteiger charge is 2.38. The number of hydrogen-bond donors (Lipinski definition) is 3. The monoisotopic (exact) mass is 1080 g/mol. The highest BCUT2D eigenvalue weighted by Crippen LogP contribution is 2.32. The van der Waals surface area contributed by atoms with Crippen LogP contribution in [0.1, 0.15) is 98.1 Å². The van der Waals surface area contributed by atoms with Crippen molar-refractivity contribution in [3.63, 3.8) is 0 Å². The lowest BCUT2D eigenvalue weighted by Gasteiger charge is -2.45. The van der Waals surface area contributed by atoms with Crippen LogP contribution in [0.25, 0.3) is 22.1 Å². The van der Waals surface area contributed by atoms with Crippen molar-refractivity contribution in [3.05, 3.63) is 143 Å². The van der Waals surface area contributed by atoms with E-state index in [-0.39, 0.29) is 65.6 Å². The Kier molecular flexibility index (Phi) is 17.7. The predicted octanol–water partition coefficient (Wildman–Crippen LogP) is 8.10. The number of pyridine rings is 4. The fourth-order valence-electron chi connectivity index (χ4n) is 9.88. The van der Waals surface area contributed by atoms with E-state index in [1.807, 2.05) is 18.2 Å². The maximum Gasteiger partial charge on any atom is 0.265 e. The van der Waals surface area contributed by atoms with Gasteiger partial charge in [0, 0.05) is 91.3 Å².